The van der Waals surface area contributed by atoms with Gasteiger partial charge in [-0.05, 0) is 13.8 Å². The van der Waals surface area contributed by atoms with E-state index in [0.29, 0.717) is 12.2 Å². The molecule has 0 saturated heterocycles. The molecule has 0 bridgehead atoms. The van der Waals surface area contributed by atoms with Crippen LogP contribution in [-0.4, -0.2) is 29.4 Å². The summed E-state index contributed by atoms with van der Waals surface area (Å²) in [5.41, 5.74) is 5.26. The second-order valence-electron chi connectivity index (χ2n) is 3.78. The number of ether oxygens (including phenoxy) is 1. The Morgan fingerprint density at radius 2 is 2.36 bits per heavy atom. The molecular formula is C9H15N3O2. The van der Waals surface area contributed by atoms with Crippen molar-refractivity contribution in [3.8, 4) is 0 Å². The summed E-state index contributed by atoms with van der Waals surface area (Å²) in [5.74, 6) is -0.468. The monoisotopic (exact) mass is 197 g/mol. The Bertz CT molecular complexity index is 331. The maximum atomic E-state index is 10.8. The van der Waals surface area contributed by atoms with Crippen LogP contribution in [-0.2, 0) is 10.3 Å². The quantitative estimate of drug-likeness (QED) is 0.757. The normalized spacial score (nSPS) is 11.6. The van der Waals surface area contributed by atoms with Gasteiger partial charge in [-0.3, -0.25) is 9.48 Å². The van der Waals surface area contributed by atoms with Crippen molar-refractivity contribution in [1.82, 2.24) is 9.78 Å². The minimum Gasteiger partial charge on any atom is -0.382 e. The van der Waals surface area contributed by atoms with Crippen molar-refractivity contribution in [2.75, 3.05) is 13.7 Å². The van der Waals surface area contributed by atoms with Crippen molar-refractivity contribution in [1.29, 1.82) is 0 Å². The van der Waals surface area contributed by atoms with Gasteiger partial charge in [0.05, 0.1) is 23.9 Å². The van der Waals surface area contributed by atoms with Gasteiger partial charge in [-0.1, -0.05) is 0 Å². The highest BCUT2D eigenvalue weighted by Gasteiger charge is 2.21. The Balaban J connectivity index is 2.90. The topological polar surface area (TPSA) is 70.1 Å². The molecule has 5 nitrogen and oxygen atoms in total. The lowest BCUT2D eigenvalue weighted by Crippen LogP contribution is -2.31. The lowest BCUT2D eigenvalue weighted by atomic mass is 10.1. The van der Waals surface area contributed by atoms with Crippen molar-refractivity contribution in [3.63, 3.8) is 0 Å². The first-order chi connectivity index (χ1) is 6.47. The zero-order valence-electron chi connectivity index (χ0n) is 8.65. The molecule has 1 aromatic rings. The van der Waals surface area contributed by atoms with Crippen molar-refractivity contribution in [2.45, 2.75) is 19.4 Å². The molecule has 0 aliphatic heterocycles. The first kappa shape index (κ1) is 10.7. The molecule has 14 heavy (non-hydrogen) atoms. The van der Waals surface area contributed by atoms with E-state index in [2.05, 4.69) is 5.10 Å². The van der Waals surface area contributed by atoms with E-state index < -0.39 is 5.91 Å². The summed E-state index contributed by atoms with van der Waals surface area (Å²) in [7, 11) is 1.63. The molecule has 2 N–H and O–H groups in total. The first-order valence-electron chi connectivity index (χ1n) is 4.31. The van der Waals surface area contributed by atoms with E-state index in [1.54, 1.807) is 18.0 Å². The second kappa shape index (κ2) is 3.79. The zero-order chi connectivity index (χ0) is 10.8. The number of hydrogen-bond acceptors (Lipinski definition) is 3. The molecule has 0 atom stereocenters. The second-order valence-corrected chi connectivity index (χ2v) is 3.78. The summed E-state index contributed by atoms with van der Waals surface area (Å²) < 4.78 is 6.73. The highest BCUT2D eigenvalue weighted by Crippen LogP contribution is 2.14. The Morgan fingerprint density at radius 3 is 2.79 bits per heavy atom. The number of carbonyl (C=O) groups excluding carboxylic acids is 1. The summed E-state index contributed by atoms with van der Waals surface area (Å²) in [6, 6.07) is 0. The molecule has 0 aliphatic rings. The molecule has 0 unspecified atom stereocenters. The minimum absolute atomic E-state index is 0.275. The smallest absolute Gasteiger partial charge is 0.251 e. The van der Waals surface area contributed by atoms with E-state index in [9.17, 15) is 4.79 Å². The molecular weight excluding hydrogens is 182 g/mol. The fourth-order valence-corrected chi connectivity index (χ4v) is 1.20. The maximum absolute atomic E-state index is 10.8. The molecule has 1 heterocycles. The molecule has 0 radical (unpaired) electrons. The predicted octanol–water partition coefficient (Wildman–Crippen LogP) is 0.364. The van der Waals surface area contributed by atoms with Gasteiger partial charge in [0.25, 0.3) is 5.91 Å². The van der Waals surface area contributed by atoms with Crippen LogP contribution in [0.25, 0.3) is 0 Å². The summed E-state index contributed by atoms with van der Waals surface area (Å²) in [5, 5.41) is 4.06. The summed E-state index contributed by atoms with van der Waals surface area (Å²) >= 11 is 0. The van der Waals surface area contributed by atoms with E-state index in [0.717, 1.165) is 0 Å². The summed E-state index contributed by atoms with van der Waals surface area (Å²) in [6.45, 7) is 4.45. The molecule has 0 fully saturated rings. The largest absolute Gasteiger partial charge is 0.382 e. The molecule has 1 aromatic heterocycles. The number of aromatic nitrogens is 2. The third-order valence-corrected chi connectivity index (χ3v) is 1.98. The molecule has 0 spiro atoms. The summed E-state index contributed by atoms with van der Waals surface area (Å²) in [6.07, 6.45) is 3.08. The summed E-state index contributed by atoms with van der Waals surface area (Å²) in [4.78, 5) is 10.8. The van der Waals surface area contributed by atoms with Crippen molar-refractivity contribution in [3.05, 3.63) is 18.0 Å². The number of carbonyl (C=O) groups is 1. The lowest BCUT2D eigenvalue weighted by Gasteiger charge is -2.23. The molecule has 1 rings (SSSR count). The van der Waals surface area contributed by atoms with Gasteiger partial charge >= 0.3 is 0 Å². The van der Waals surface area contributed by atoms with Crippen molar-refractivity contribution >= 4 is 5.91 Å². The number of primary amides is 1. The Kier molecular flexibility index (Phi) is 2.90. The van der Waals surface area contributed by atoms with Gasteiger partial charge in [-0.25, -0.2) is 0 Å². The number of amides is 1. The van der Waals surface area contributed by atoms with Gasteiger partial charge < -0.3 is 10.5 Å². The van der Waals surface area contributed by atoms with E-state index in [1.807, 2.05) is 13.8 Å². The average molecular weight is 197 g/mol. The maximum Gasteiger partial charge on any atom is 0.251 e. The number of nitrogens with zero attached hydrogens (tertiary/aromatic N) is 2. The van der Waals surface area contributed by atoms with Crippen LogP contribution in [0.5, 0.6) is 0 Å². The first-order valence-corrected chi connectivity index (χ1v) is 4.31. The molecule has 5 heteroatoms. The highest BCUT2D eigenvalue weighted by atomic mass is 16.5. The van der Waals surface area contributed by atoms with Crippen LogP contribution < -0.4 is 5.73 Å². The zero-order valence-corrected chi connectivity index (χ0v) is 8.65. The number of rotatable bonds is 4. The van der Waals surface area contributed by atoms with Crippen molar-refractivity contribution in [2.24, 2.45) is 5.73 Å². The van der Waals surface area contributed by atoms with Crippen molar-refractivity contribution < 1.29 is 9.53 Å². The van der Waals surface area contributed by atoms with Crippen LogP contribution in [0.3, 0.4) is 0 Å². The Hall–Kier alpha value is -1.36. The van der Waals surface area contributed by atoms with Crippen LogP contribution in [0.15, 0.2) is 12.4 Å². The van der Waals surface area contributed by atoms with E-state index in [4.69, 9.17) is 10.5 Å². The molecule has 0 aromatic carbocycles. The lowest BCUT2D eigenvalue weighted by molar-refractivity contribution is 0.0988. The third-order valence-electron chi connectivity index (χ3n) is 1.98. The number of hydrogen-bond donors (Lipinski definition) is 1. The van der Waals surface area contributed by atoms with Crippen LogP contribution in [0.1, 0.15) is 24.2 Å². The van der Waals surface area contributed by atoms with Gasteiger partial charge in [0.2, 0.25) is 0 Å². The van der Waals surface area contributed by atoms with Gasteiger partial charge in [-0.15, -0.1) is 0 Å². The van der Waals surface area contributed by atoms with Gasteiger partial charge in [0.1, 0.15) is 0 Å². The molecule has 1 amide bonds. The average Bonchev–Trinajstić information content (AvgIpc) is 2.51. The van der Waals surface area contributed by atoms with E-state index in [1.165, 1.54) is 6.20 Å². The fraction of sp³-hybridized carbons (Fsp3) is 0.556. The van der Waals surface area contributed by atoms with Crippen LogP contribution >= 0.6 is 0 Å². The third kappa shape index (κ3) is 2.11. The van der Waals surface area contributed by atoms with Gasteiger partial charge in [-0.2, -0.15) is 5.10 Å². The van der Waals surface area contributed by atoms with Crippen LogP contribution in [0, 0.1) is 0 Å². The number of methoxy groups -OCH3 is 1. The Morgan fingerprint density at radius 1 is 1.71 bits per heavy atom. The molecule has 0 saturated carbocycles. The SMILES string of the molecule is COCC(C)(C)n1cc(C(N)=O)cn1. The predicted molar refractivity (Wildman–Crippen MR) is 51.9 cm³/mol. The van der Waals surface area contributed by atoms with E-state index >= 15 is 0 Å². The Labute approximate surface area is 82.8 Å². The molecule has 78 valence electrons. The number of nitrogens with two attached hydrogens (primary N) is 1. The van der Waals surface area contributed by atoms with Crippen LogP contribution in [0.2, 0.25) is 0 Å². The minimum atomic E-state index is -0.468. The highest BCUT2D eigenvalue weighted by molar-refractivity contribution is 5.92. The standard InChI is InChI=1S/C9H15N3O2/c1-9(2,6-14-3)12-5-7(4-11-12)8(10)13/h4-5H,6H2,1-3H3,(H2,10,13). The fourth-order valence-electron chi connectivity index (χ4n) is 1.20. The van der Waals surface area contributed by atoms with Crippen LogP contribution in [0.4, 0.5) is 0 Å². The van der Waals surface area contributed by atoms with Gasteiger partial charge in [0.15, 0.2) is 0 Å². The van der Waals surface area contributed by atoms with Gasteiger partial charge in [0, 0.05) is 13.3 Å². The molecule has 0 aliphatic carbocycles. The van der Waals surface area contributed by atoms with E-state index in [-0.39, 0.29) is 5.54 Å².